The lowest BCUT2D eigenvalue weighted by Crippen LogP contribution is -2.00. The standard InChI is InChI=1S/C24H42O/c1-20(2)10-6-11-21(3)12-7-13-22(4)14-8-15-23(5)17-18-24-16-9-19-25-24/h9,16-17,19-22H,6-8,10-15,18H2,1-5H3/b23-17+. The molecule has 1 nitrogen and oxygen atoms in total. The van der Waals surface area contributed by atoms with Crippen molar-refractivity contribution in [3.63, 3.8) is 0 Å². The highest BCUT2D eigenvalue weighted by atomic mass is 16.3. The number of hydrogen-bond donors (Lipinski definition) is 0. The maximum Gasteiger partial charge on any atom is 0.107 e. The summed E-state index contributed by atoms with van der Waals surface area (Å²) >= 11 is 0. The van der Waals surface area contributed by atoms with Gasteiger partial charge in [-0.05, 0) is 49.7 Å². The van der Waals surface area contributed by atoms with E-state index in [1.165, 1.54) is 63.4 Å². The summed E-state index contributed by atoms with van der Waals surface area (Å²) in [6, 6.07) is 4.01. The van der Waals surface area contributed by atoms with Crippen molar-refractivity contribution < 1.29 is 4.42 Å². The molecule has 0 aliphatic heterocycles. The second kappa shape index (κ2) is 13.3. The van der Waals surface area contributed by atoms with Crippen LogP contribution in [0.5, 0.6) is 0 Å². The summed E-state index contributed by atoms with van der Waals surface area (Å²) < 4.78 is 5.38. The Morgan fingerprint density at radius 1 is 0.920 bits per heavy atom. The van der Waals surface area contributed by atoms with Crippen LogP contribution in [0.25, 0.3) is 0 Å². The quantitative estimate of drug-likeness (QED) is 0.309. The summed E-state index contributed by atoms with van der Waals surface area (Å²) in [5, 5.41) is 0. The van der Waals surface area contributed by atoms with Gasteiger partial charge in [0.2, 0.25) is 0 Å². The van der Waals surface area contributed by atoms with Crippen LogP contribution in [0.4, 0.5) is 0 Å². The Morgan fingerprint density at radius 3 is 2.08 bits per heavy atom. The summed E-state index contributed by atoms with van der Waals surface area (Å²) in [5.41, 5.74) is 1.50. The van der Waals surface area contributed by atoms with Crippen molar-refractivity contribution in [2.75, 3.05) is 0 Å². The van der Waals surface area contributed by atoms with Crippen molar-refractivity contribution in [3.05, 3.63) is 35.8 Å². The first-order chi connectivity index (χ1) is 12.0. The average Bonchev–Trinajstić information content (AvgIpc) is 3.06. The van der Waals surface area contributed by atoms with Crippen molar-refractivity contribution in [1.82, 2.24) is 0 Å². The minimum absolute atomic E-state index is 0.865. The van der Waals surface area contributed by atoms with E-state index < -0.39 is 0 Å². The Kier molecular flexibility index (Phi) is 11.7. The van der Waals surface area contributed by atoms with Crippen molar-refractivity contribution in [2.45, 2.75) is 98.8 Å². The Balaban J connectivity index is 2.02. The molecular weight excluding hydrogens is 304 g/mol. The molecule has 1 heteroatoms. The zero-order valence-electron chi connectivity index (χ0n) is 17.5. The average molecular weight is 347 g/mol. The lowest BCUT2D eigenvalue weighted by molar-refractivity contribution is 0.389. The van der Waals surface area contributed by atoms with E-state index in [4.69, 9.17) is 4.42 Å². The Labute approximate surface area is 157 Å². The Bertz CT molecular complexity index is 441. The maximum atomic E-state index is 5.38. The molecule has 25 heavy (non-hydrogen) atoms. The van der Waals surface area contributed by atoms with E-state index in [1.54, 1.807) is 6.26 Å². The summed E-state index contributed by atoms with van der Waals surface area (Å²) in [5.74, 6) is 3.72. The Hall–Kier alpha value is -0.980. The first-order valence-electron chi connectivity index (χ1n) is 10.6. The molecule has 0 amide bonds. The SMILES string of the molecule is C/C(=C\Cc1ccco1)CCCC(C)CCCC(C)CCCC(C)C. The van der Waals surface area contributed by atoms with E-state index in [1.807, 2.05) is 6.07 Å². The monoisotopic (exact) mass is 346 g/mol. The predicted molar refractivity (Wildman–Crippen MR) is 111 cm³/mol. The molecule has 0 saturated carbocycles. The van der Waals surface area contributed by atoms with Gasteiger partial charge < -0.3 is 4.42 Å². The number of allylic oxidation sites excluding steroid dienone is 2. The molecule has 1 aromatic rings. The summed E-state index contributed by atoms with van der Waals surface area (Å²) in [7, 11) is 0. The highest BCUT2D eigenvalue weighted by molar-refractivity contribution is 5.07. The smallest absolute Gasteiger partial charge is 0.107 e. The van der Waals surface area contributed by atoms with E-state index in [0.717, 1.165) is 29.9 Å². The van der Waals surface area contributed by atoms with Crippen LogP contribution < -0.4 is 0 Å². The topological polar surface area (TPSA) is 13.1 Å². The zero-order valence-corrected chi connectivity index (χ0v) is 17.5. The summed E-state index contributed by atoms with van der Waals surface area (Å²) in [6.07, 6.45) is 17.4. The van der Waals surface area contributed by atoms with Crippen molar-refractivity contribution >= 4 is 0 Å². The molecule has 0 saturated heterocycles. The minimum Gasteiger partial charge on any atom is -0.469 e. The predicted octanol–water partition coefficient (Wildman–Crippen LogP) is 8.21. The molecule has 144 valence electrons. The van der Waals surface area contributed by atoms with Gasteiger partial charge >= 0.3 is 0 Å². The van der Waals surface area contributed by atoms with Crippen LogP contribution in [0.15, 0.2) is 34.5 Å². The lowest BCUT2D eigenvalue weighted by atomic mass is 9.91. The number of rotatable bonds is 14. The van der Waals surface area contributed by atoms with Crippen molar-refractivity contribution in [3.8, 4) is 0 Å². The molecule has 0 N–H and O–H groups in total. The van der Waals surface area contributed by atoms with Gasteiger partial charge in [0.1, 0.15) is 5.76 Å². The normalized spacial score (nSPS) is 14.9. The van der Waals surface area contributed by atoms with E-state index in [0.29, 0.717) is 0 Å². The first-order valence-corrected chi connectivity index (χ1v) is 10.6. The molecule has 0 aliphatic carbocycles. The molecule has 0 spiro atoms. The van der Waals surface area contributed by atoms with Crippen molar-refractivity contribution in [2.24, 2.45) is 17.8 Å². The molecule has 0 aliphatic rings. The molecule has 1 rings (SSSR count). The maximum absolute atomic E-state index is 5.38. The molecule has 2 atom stereocenters. The molecule has 1 heterocycles. The Morgan fingerprint density at radius 2 is 1.52 bits per heavy atom. The third-order valence-electron chi connectivity index (χ3n) is 5.37. The fourth-order valence-corrected chi connectivity index (χ4v) is 3.51. The summed E-state index contributed by atoms with van der Waals surface area (Å²) in [4.78, 5) is 0. The van der Waals surface area contributed by atoms with Gasteiger partial charge in [0, 0.05) is 6.42 Å². The van der Waals surface area contributed by atoms with Gasteiger partial charge in [0.05, 0.1) is 6.26 Å². The molecule has 0 radical (unpaired) electrons. The first kappa shape index (κ1) is 22.1. The van der Waals surface area contributed by atoms with Crippen LogP contribution in [-0.4, -0.2) is 0 Å². The van der Waals surface area contributed by atoms with Gasteiger partial charge in [-0.15, -0.1) is 0 Å². The molecule has 0 bridgehead atoms. The third-order valence-corrected chi connectivity index (χ3v) is 5.37. The van der Waals surface area contributed by atoms with Crippen molar-refractivity contribution in [1.29, 1.82) is 0 Å². The van der Waals surface area contributed by atoms with Gasteiger partial charge in [0.15, 0.2) is 0 Å². The van der Waals surface area contributed by atoms with E-state index in [9.17, 15) is 0 Å². The second-order valence-corrected chi connectivity index (χ2v) is 8.69. The van der Waals surface area contributed by atoms with Crippen LogP contribution in [0, 0.1) is 17.8 Å². The van der Waals surface area contributed by atoms with Crippen LogP contribution in [0.1, 0.15) is 98.2 Å². The van der Waals surface area contributed by atoms with Gasteiger partial charge in [-0.2, -0.15) is 0 Å². The van der Waals surface area contributed by atoms with Gasteiger partial charge in [-0.3, -0.25) is 0 Å². The number of hydrogen-bond acceptors (Lipinski definition) is 1. The van der Waals surface area contributed by atoms with Gasteiger partial charge in [0.25, 0.3) is 0 Å². The molecule has 0 fully saturated rings. The lowest BCUT2D eigenvalue weighted by Gasteiger charge is -2.15. The highest BCUT2D eigenvalue weighted by Gasteiger charge is 2.06. The zero-order chi connectivity index (χ0) is 18.5. The largest absolute Gasteiger partial charge is 0.469 e. The molecule has 1 aromatic heterocycles. The highest BCUT2D eigenvalue weighted by Crippen LogP contribution is 2.22. The fraction of sp³-hybridized carbons (Fsp3) is 0.750. The second-order valence-electron chi connectivity index (χ2n) is 8.69. The molecular formula is C24H42O. The van der Waals surface area contributed by atoms with E-state index in [2.05, 4.69) is 46.8 Å². The number of furan rings is 1. The van der Waals surface area contributed by atoms with Crippen LogP contribution >= 0.6 is 0 Å². The minimum atomic E-state index is 0.865. The van der Waals surface area contributed by atoms with E-state index >= 15 is 0 Å². The van der Waals surface area contributed by atoms with Crippen LogP contribution in [-0.2, 0) is 6.42 Å². The van der Waals surface area contributed by atoms with E-state index in [-0.39, 0.29) is 0 Å². The molecule has 0 aromatic carbocycles. The van der Waals surface area contributed by atoms with Gasteiger partial charge in [-0.1, -0.05) is 84.3 Å². The fourth-order valence-electron chi connectivity index (χ4n) is 3.51. The van der Waals surface area contributed by atoms with Crippen LogP contribution in [0.3, 0.4) is 0 Å². The molecule has 2 unspecified atom stereocenters. The van der Waals surface area contributed by atoms with Gasteiger partial charge in [-0.25, -0.2) is 0 Å². The summed E-state index contributed by atoms with van der Waals surface area (Å²) in [6.45, 7) is 11.8. The van der Waals surface area contributed by atoms with Crippen LogP contribution in [0.2, 0.25) is 0 Å². The third kappa shape index (κ3) is 12.1.